The van der Waals surface area contributed by atoms with Crippen LogP contribution < -0.4 is 10.1 Å². The molecule has 2 aromatic carbocycles. The summed E-state index contributed by atoms with van der Waals surface area (Å²) >= 11 is 2.19. The summed E-state index contributed by atoms with van der Waals surface area (Å²) in [7, 11) is 1.58. The summed E-state index contributed by atoms with van der Waals surface area (Å²) in [6, 6.07) is 14.7. The number of amides is 1. The van der Waals surface area contributed by atoms with Gasteiger partial charge in [0.05, 0.1) is 12.8 Å². The van der Waals surface area contributed by atoms with Gasteiger partial charge in [0.25, 0.3) is 5.91 Å². The van der Waals surface area contributed by atoms with Gasteiger partial charge in [0.2, 0.25) is 0 Å². The van der Waals surface area contributed by atoms with Crippen LogP contribution >= 0.6 is 22.6 Å². The Kier molecular flexibility index (Phi) is 4.19. The zero-order valence-corrected chi connectivity index (χ0v) is 12.0. The quantitative estimate of drug-likeness (QED) is 0.857. The lowest BCUT2D eigenvalue weighted by Gasteiger charge is -2.08. The summed E-state index contributed by atoms with van der Waals surface area (Å²) in [5.41, 5.74) is 1.39. The standard InChI is InChI=1S/C14H12INO2/c1-18-11-6-4-5-10(9-11)14(17)16-13-8-3-2-7-12(13)15/h2-9H,1H3,(H,16,17). The fraction of sp³-hybridized carbons (Fsp3) is 0.0714. The van der Waals surface area contributed by atoms with Crippen LogP contribution in [-0.4, -0.2) is 13.0 Å². The molecule has 0 aliphatic carbocycles. The highest BCUT2D eigenvalue weighted by Gasteiger charge is 2.08. The monoisotopic (exact) mass is 353 g/mol. The second kappa shape index (κ2) is 5.86. The highest BCUT2D eigenvalue weighted by atomic mass is 127. The SMILES string of the molecule is COc1cccc(C(=O)Nc2ccccc2I)c1. The average molecular weight is 353 g/mol. The Hall–Kier alpha value is -1.56. The molecule has 0 atom stereocenters. The first-order chi connectivity index (χ1) is 8.70. The smallest absolute Gasteiger partial charge is 0.255 e. The maximum absolute atomic E-state index is 12.1. The molecule has 0 unspecified atom stereocenters. The van der Waals surface area contributed by atoms with Crippen molar-refractivity contribution in [1.82, 2.24) is 0 Å². The van der Waals surface area contributed by atoms with Crippen molar-refractivity contribution in [1.29, 1.82) is 0 Å². The molecule has 0 aromatic heterocycles. The Morgan fingerprint density at radius 2 is 1.94 bits per heavy atom. The van der Waals surface area contributed by atoms with Crippen molar-refractivity contribution in [3.63, 3.8) is 0 Å². The van der Waals surface area contributed by atoms with Gasteiger partial charge in [0, 0.05) is 9.13 Å². The number of anilines is 1. The zero-order chi connectivity index (χ0) is 13.0. The van der Waals surface area contributed by atoms with Crippen LogP contribution in [0.2, 0.25) is 0 Å². The minimum atomic E-state index is -0.141. The van der Waals surface area contributed by atoms with Crippen molar-refractivity contribution in [2.75, 3.05) is 12.4 Å². The van der Waals surface area contributed by atoms with E-state index in [4.69, 9.17) is 4.74 Å². The Bertz CT molecular complexity index is 569. The normalized spacial score (nSPS) is 9.89. The van der Waals surface area contributed by atoms with E-state index in [-0.39, 0.29) is 5.91 Å². The van der Waals surface area contributed by atoms with E-state index in [0.717, 1.165) is 9.26 Å². The Labute approximate surface area is 119 Å². The average Bonchev–Trinajstić information content (AvgIpc) is 2.41. The molecule has 2 aromatic rings. The first kappa shape index (κ1) is 12.9. The molecular weight excluding hydrogens is 341 g/mol. The van der Waals surface area contributed by atoms with Gasteiger partial charge in [0.1, 0.15) is 5.75 Å². The molecule has 1 N–H and O–H groups in total. The van der Waals surface area contributed by atoms with Gasteiger partial charge in [-0.3, -0.25) is 4.79 Å². The summed E-state index contributed by atoms with van der Waals surface area (Å²) in [6.07, 6.45) is 0. The molecule has 0 bridgehead atoms. The lowest BCUT2D eigenvalue weighted by molar-refractivity contribution is 0.102. The summed E-state index contributed by atoms with van der Waals surface area (Å²) < 4.78 is 6.10. The molecule has 0 spiro atoms. The second-order valence-corrected chi connectivity index (χ2v) is 4.83. The number of ether oxygens (including phenoxy) is 1. The van der Waals surface area contributed by atoms with Crippen LogP contribution in [0.25, 0.3) is 0 Å². The van der Waals surface area contributed by atoms with E-state index in [1.165, 1.54) is 0 Å². The van der Waals surface area contributed by atoms with Crippen molar-refractivity contribution in [2.45, 2.75) is 0 Å². The van der Waals surface area contributed by atoms with Gasteiger partial charge in [-0.2, -0.15) is 0 Å². The number of benzene rings is 2. The fourth-order valence-corrected chi connectivity index (χ4v) is 2.04. The van der Waals surface area contributed by atoms with E-state index in [2.05, 4.69) is 27.9 Å². The van der Waals surface area contributed by atoms with Gasteiger partial charge < -0.3 is 10.1 Å². The van der Waals surface area contributed by atoms with Gasteiger partial charge in [-0.25, -0.2) is 0 Å². The number of nitrogens with one attached hydrogen (secondary N) is 1. The Balaban J connectivity index is 2.19. The number of para-hydroxylation sites is 1. The molecule has 1 amide bonds. The van der Waals surface area contributed by atoms with E-state index < -0.39 is 0 Å². The third kappa shape index (κ3) is 3.01. The number of hydrogen-bond acceptors (Lipinski definition) is 2. The van der Waals surface area contributed by atoms with Gasteiger partial charge in [-0.1, -0.05) is 18.2 Å². The van der Waals surface area contributed by atoms with E-state index in [1.807, 2.05) is 30.3 Å². The molecule has 0 aliphatic heterocycles. The van der Waals surface area contributed by atoms with Crippen LogP contribution in [0, 0.1) is 3.57 Å². The lowest BCUT2D eigenvalue weighted by atomic mass is 10.2. The molecular formula is C14H12INO2. The van der Waals surface area contributed by atoms with Gasteiger partial charge in [-0.15, -0.1) is 0 Å². The van der Waals surface area contributed by atoms with Gasteiger partial charge >= 0.3 is 0 Å². The summed E-state index contributed by atoms with van der Waals surface area (Å²) in [5.74, 6) is 0.531. The number of rotatable bonds is 3. The van der Waals surface area contributed by atoms with Crippen molar-refractivity contribution < 1.29 is 9.53 Å². The Morgan fingerprint density at radius 3 is 2.67 bits per heavy atom. The van der Waals surface area contributed by atoms with Crippen molar-refractivity contribution >= 4 is 34.2 Å². The largest absolute Gasteiger partial charge is 0.497 e. The van der Waals surface area contributed by atoms with Crippen molar-refractivity contribution in [3.05, 3.63) is 57.7 Å². The fourth-order valence-electron chi connectivity index (χ4n) is 1.52. The van der Waals surface area contributed by atoms with Crippen LogP contribution in [0.3, 0.4) is 0 Å². The molecule has 0 aliphatic rings. The van der Waals surface area contributed by atoms with E-state index in [9.17, 15) is 4.79 Å². The summed E-state index contributed by atoms with van der Waals surface area (Å²) in [6.45, 7) is 0. The van der Waals surface area contributed by atoms with Crippen LogP contribution in [0.4, 0.5) is 5.69 Å². The predicted molar refractivity (Wildman–Crippen MR) is 80.1 cm³/mol. The summed E-state index contributed by atoms with van der Waals surface area (Å²) in [4.78, 5) is 12.1. The third-order valence-corrected chi connectivity index (χ3v) is 3.39. The molecule has 2 rings (SSSR count). The minimum Gasteiger partial charge on any atom is -0.497 e. The van der Waals surface area contributed by atoms with E-state index >= 15 is 0 Å². The minimum absolute atomic E-state index is 0.141. The van der Waals surface area contributed by atoms with Crippen molar-refractivity contribution in [2.24, 2.45) is 0 Å². The van der Waals surface area contributed by atoms with Crippen LogP contribution in [-0.2, 0) is 0 Å². The van der Waals surface area contributed by atoms with E-state index in [0.29, 0.717) is 11.3 Å². The number of carbonyl (C=O) groups is 1. The molecule has 0 saturated carbocycles. The molecule has 0 radical (unpaired) electrons. The van der Waals surface area contributed by atoms with Crippen molar-refractivity contribution in [3.8, 4) is 5.75 Å². The highest BCUT2D eigenvalue weighted by molar-refractivity contribution is 14.1. The number of methoxy groups -OCH3 is 1. The van der Waals surface area contributed by atoms with Crippen LogP contribution in [0.5, 0.6) is 5.75 Å². The number of carbonyl (C=O) groups excluding carboxylic acids is 1. The molecule has 0 fully saturated rings. The predicted octanol–water partition coefficient (Wildman–Crippen LogP) is 3.55. The Morgan fingerprint density at radius 1 is 1.17 bits per heavy atom. The van der Waals surface area contributed by atoms with Crippen LogP contribution in [0.1, 0.15) is 10.4 Å². The maximum Gasteiger partial charge on any atom is 0.255 e. The molecule has 18 heavy (non-hydrogen) atoms. The topological polar surface area (TPSA) is 38.3 Å². The number of halogens is 1. The molecule has 92 valence electrons. The highest BCUT2D eigenvalue weighted by Crippen LogP contribution is 2.19. The number of hydrogen-bond donors (Lipinski definition) is 1. The zero-order valence-electron chi connectivity index (χ0n) is 9.81. The molecule has 0 saturated heterocycles. The molecule has 4 heteroatoms. The first-order valence-electron chi connectivity index (χ1n) is 5.40. The van der Waals surface area contributed by atoms with Crippen LogP contribution in [0.15, 0.2) is 48.5 Å². The first-order valence-corrected chi connectivity index (χ1v) is 6.48. The molecule has 3 nitrogen and oxygen atoms in total. The summed E-state index contributed by atoms with van der Waals surface area (Å²) in [5, 5.41) is 2.88. The molecule has 0 heterocycles. The second-order valence-electron chi connectivity index (χ2n) is 3.67. The third-order valence-electron chi connectivity index (χ3n) is 2.45. The van der Waals surface area contributed by atoms with E-state index in [1.54, 1.807) is 25.3 Å². The van der Waals surface area contributed by atoms with Gasteiger partial charge in [0.15, 0.2) is 0 Å². The van der Waals surface area contributed by atoms with Gasteiger partial charge in [-0.05, 0) is 52.9 Å². The lowest BCUT2D eigenvalue weighted by Crippen LogP contribution is -2.12. The maximum atomic E-state index is 12.1.